The summed E-state index contributed by atoms with van der Waals surface area (Å²) in [7, 11) is 0. The Kier molecular flexibility index (Phi) is 2.77. The molecule has 0 saturated carbocycles. The molecule has 0 bridgehead atoms. The molecule has 1 unspecified atom stereocenters. The van der Waals surface area contributed by atoms with E-state index in [2.05, 4.69) is 22.9 Å². The van der Waals surface area contributed by atoms with Crippen molar-refractivity contribution in [2.75, 3.05) is 12.3 Å². The van der Waals surface area contributed by atoms with Crippen molar-refractivity contribution < 1.29 is 4.74 Å². The third kappa shape index (κ3) is 2.03. The highest BCUT2D eigenvalue weighted by molar-refractivity contribution is 5.90. The molecule has 3 nitrogen and oxygen atoms in total. The van der Waals surface area contributed by atoms with Gasteiger partial charge in [-0.25, -0.2) is 0 Å². The first-order valence-electron chi connectivity index (χ1n) is 6.29. The first-order chi connectivity index (χ1) is 8.34. The summed E-state index contributed by atoms with van der Waals surface area (Å²) in [6, 6.07) is 8.20. The number of fused-ring (bicyclic) bond motifs is 1. The Labute approximate surface area is 101 Å². The van der Waals surface area contributed by atoms with Crippen LogP contribution in [0.2, 0.25) is 0 Å². The number of para-hydroxylation sites is 1. The van der Waals surface area contributed by atoms with Gasteiger partial charge in [0.15, 0.2) is 0 Å². The quantitative estimate of drug-likeness (QED) is 0.824. The van der Waals surface area contributed by atoms with Gasteiger partial charge >= 0.3 is 0 Å². The van der Waals surface area contributed by atoms with Crippen LogP contribution in [0.25, 0.3) is 10.9 Å². The van der Waals surface area contributed by atoms with Crippen molar-refractivity contribution in [3.63, 3.8) is 0 Å². The summed E-state index contributed by atoms with van der Waals surface area (Å²) in [5.41, 5.74) is 8.05. The highest BCUT2D eigenvalue weighted by atomic mass is 16.5. The maximum Gasteiger partial charge on any atom is 0.0713 e. The molecule has 0 spiro atoms. The van der Waals surface area contributed by atoms with E-state index in [0.29, 0.717) is 6.10 Å². The van der Waals surface area contributed by atoms with Gasteiger partial charge in [-0.15, -0.1) is 0 Å². The number of rotatable bonds is 3. The minimum atomic E-state index is 0.442. The van der Waals surface area contributed by atoms with Gasteiger partial charge < -0.3 is 15.0 Å². The average molecular weight is 230 g/mol. The van der Waals surface area contributed by atoms with E-state index >= 15 is 0 Å². The smallest absolute Gasteiger partial charge is 0.0713 e. The monoisotopic (exact) mass is 230 g/mol. The molecule has 17 heavy (non-hydrogen) atoms. The molecule has 1 aromatic heterocycles. The molecular weight excluding hydrogens is 212 g/mol. The minimum absolute atomic E-state index is 0.442. The topological polar surface area (TPSA) is 40.2 Å². The predicted octanol–water partition coefficient (Wildman–Crippen LogP) is 2.79. The Bertz CT molecular complexity index is 512. The molecule has 2 heterocycles. The van der Waals surface area contributed by atoms with Gasteiger partial charge in [0.05, 0.1) is 17.3 Å². The molecule has 3 rings (SSSR count). The Morgan fingerprint density at radius 3 is 3.12 bits per heavy atom. The SMILES string of the molecule is Nc1cccc2ccn(CCC3CCCO3)c12. The summed E-state index contributed by atoms with van der Waals surface area (Å²) in [5, 5.41) is 1.22. The van der Waals surface area contributed by atoms with Crippen LogP contribution in [0, 0.1) is 0 Å². The number of anilines is 1. The van der Waals surface area contributed by atoms with Crippen molar-refractivity contribution in [3.8, 4) is 0 Å². The van der Waals surface area contributed by atoms with Crippen molar-refractivity contribution in [2.24, 2.45) is 0 Å². The first-order valence-corrected chi connectivity index (χ1v) is 6.29. The molecule has 90 valence electrons. The van der Waals surface area contributed by atoms with Crippen LogP contribution < -0.4 is 5.73 Å². The van der Waals surface area contributed by atoms with Crippen LogP contribution in [0.4, 0.5) is 5.69 Å². The number of ether oxygens (including phenoxy) is 1. The summed E-state index contributed by atoms with van der Waals surface area (Å²) >= 11 is 0. The van der Waals surface area contributed by atoms with Crippen LogP contribution in [-0.4, -0.2) is 17.3 Å². The molecule has 1 fully saturated rings. The lowest BCUT2D eigenvalue weighted by Crippen LogP contribution is -2.09. The van der Waals surface area contributed by atoms with Crippen LogP contribution in [0.3, 0.4) is 0 Å². The third-order valence-electron chi connectivity index (χ3n) is 3.54. The van der Waals surface area contributed by atoms with E-state index in [4.69, 9.17) is 10.5 Å². The number of nitrogen functional groups attached to an aromatic ring is 1. The van der Waals surface area contributed by atoms with Crippen molar-refractivity contribution in [1.29, 1.82) is 0 Å². The molecular formula is C14H18N2O. The predicted molar refractivity (Wildman–Crippen MR) is 69.9 cm³/mol. The zero-order valence-corrected chi connectivity index (χ0v) is 9.93. The molecule has 2 N–H and O–H groups in total. The van der Waals surface area contributed by atoms with Gasteiger partial charge in [0.2, 0.25) is 0 Å². The average Bonchev–Trinajstić information content (AvgIpc) is 2.95. The fraction of sp³-hybridized carbons (Fsp3) is 0.429. The Morgan fingerprint density at radius 1 is 1.35 bits per heavy atom. The van der Waals surface area contributed by atoms with Gasteiger partial charge in [-0.2, -0.15) is 0 Å². The van der Waals surface area contributed by atoms with Crippen LogP contribution in [0.15, 0.2) is 30.5 Å². The molecule has 1 aliphatic rings. The lowest BCUT2D eigenvalue weighted by Gasteiger charge is -2.11. The lowest BCUT2D eigenvalue weighted by molar-refractivity contribution is 0.101. The lowest BCUT2D eigenvalue weighted by atomic mass is 10.2. The van der Waals surface area contributed by atoms with E-state index in [-0.39, 0.29) is 0 Å². The number of hydrogen-bond donors (Lipinski definition) is 1. The first kappa shape index (κ1) is 10.7. The molecule has 0 radical (unpaired) electrons. The second-order valence-corrected chi connectivity index (χ2v) is 4.72. The molecule has 0 amide bonds. The van der Waals surface area contributed by atoms with Gasteiger partial charge in [0, 0.05) is 24.7 Å². The second kappa shape index (κ2) is 4.41. The Balaban J connectivity index is 1.80. The third-order valence-corrected chi connectivity index (χ3v) is 3.54. The van der Waals surface area contributed by atoms with Gasteiger partial charge in [-0.1, -0.05) is 12.1 Å². The standard InChI is InChI=1S/C14H18N2O/c15-13-5-1-3-11-6-8-16(14(11)13)9-7-12-4-2-10-17-12/h1,3,5-6,8,12H,2,4,7,9-10,15H2. The van der Waals surface area contributed by atoms with Crippen LogP contribution in [0.1, 0.15) is 19.3 Å². The summed E-state index contributed by atoms with van der Waals surface area (Å²) < 4.78 is 7.89. The largest absolute Gasteiger partial charge is 0.397 e. The minimum Gasteiger partial charge on any atom is -0.397 e. The fourth-order valence-electron chi connectivity index (χ4n) is 2.63. The van der Waals surface area contributed by atoms with Crippen LogP contribution in [-0.2, 0) is 11.3 Å². The number of benzene rings is 1. The molecule has 1 aromatic carbocycles. The number of nitrogens with two attached hydrogens (primary N) is 1. The number of aryl methyl sites for hydroxylation is 1. The maximum absolute atomic E-state index is 6.03. The number of aromatic nitrogens is 1. The van der Waals surface area contributed by atoms with Gasteiger partial charge in [0.1, 0.15) is 0 Å². The molecule has 0 aliphatic carbocycles. The number of nitrogens with zero attached hydrogens (tertiary/aromatic N) is 1. The molecule has 1 atom stereocenters. The van der Waals surface area contributed by atoms with Crippen molar-refractivity contribution >= 4 is 16.6 Å². The summed E-state index contributed by atoms with van der Waals surface area (Å²) in [4.78, 5) is 0. The van der Waals surface area contributed by atoms with Crippen molar-refractivity contribution in [1.82, 2.24) is 4.57 Å². The van der Waals surface area contributed by atoms with E-state index in [0.717, 1.165) is 30.8 Å². The van der Waals surface area contributed by atoms with E-state index in [1.54, 1.807) is 0 Å². The molecule has 1 aliphatic heterocycles. The second-order valence-electron chi connectivity index (χ2n) is 4.72. The summed E-state index contributed by atoms with van der Waals surface area (Å²) in [6.07, 6.45) is 6.06. The van der Waals surface area contributed by atoms with Crippen LogP contribution in [0.5, 0.6) is 0 Å². The summed E-state index contributed by atoms with van der Waals surface area (Å²) in [5.74, 6) is 0. The Morgan fingerprint density at radius 2 is 2.29 bits per heavy atom. The normalized spacial score (nSPS) is 20.1. The van der Waals surface area contributed by atoms with E-state index in [1.807, 2.05) is 12.1 Å². The maximum atomic E-state index is 6.03. The molecule has 2 aromatic rings. The fourth-order valence-corrected chi connectivity index (χ4v) is 2.63. The van der Waals surface area contributed by atoms with Gasteiger partial charge in [0.25, 0.3) is 0 Å². The van der Waals surface area contributed by atoms with E-state index in [1.165, 1.54) is 18.2 Å². The van der Waals surface area contributed by atoms with Crippen molar-refractivity contribution in [2.45, 2.75) is 31.9 Å². The zero-order chi connectivity index (χ0) is 11.7. The van der Waals surface area contributed by atoms with E-state index in [9.17, 15) is 0 Å². The van der Waals surface area contributed by atoms with Gasteiger partial charge in [-0.05, 0) is 31.4 Å². The van der Waals surface area contributed by atoms with Gasteiger partial charge in [-0.3, -0.25) is 0 Å². The number of hydrogen-bond acceptors (Lipinski definition) is 2. The van der Waals surface area contributed by atoms with Crippen molar-refractivity contribution in [3.05, 3.63) is 30.5 Å². The highest BCUT2D eigenvalue weighted by Crippen LogP contribution is 2.23. The van der Waals surface area contributed by atoms with E-state index < -0.39 is 0 Å². The zero-order valence-electron chi connectivity index (χ0n) is 9.93. The Hall–Kier alpha value is -1.48. The van der Waals surface area contributed by atoms with Crippen LogP contribution >= 0.6 is 0 Å². The molecule has 1 saturated heterocycles. The summed E-state index contributed by atoms with van der Waals surface area (Å²) in [6.45, 7) is 1.92. The molecule has 3 heteroatoms. The highest BCUT2D eigenvalue weighted by Gasteiger charge is 2.15.